The molecule has 0 amide bonds. The van der Waals surface area contributed by atoms with Crippen molar-refractivity contribution in [1.82, 2.24) is 0 Å². The molecular formula is C16H15BrFNO4S. The van der Waals surface area contributed by atoms with Crippen LogP contribution in [-0.4, -0.2) is 27.5 Å². The van der Waals surface area contributed by atoms with Crippen LogP contribution in [0.5, 0.6) is 0 Å². The largest absolute Gasteiger partial charge is 0.465 e. The number of rotatable bonds is 6. The van der Waals surface area contributed by atoms with Crippen molar-refractivity contribution in [2.45, 2.75) is 11.8 Å². The first-order chi connectivity index (χ1) is 11.3. The summed E-state index contributed by atoms with van der Waals surface area (Å²) in [6.07, 6.45) is 0. The molecule has 0 radical (unpaired) electrons. The zero-order valence-electron chi connectivity index (χ0n) is 12.8. The number of sulfonamides is 1. The Morgan fingerprint density at radius 2 is 1.71 bits per heavy atom. The van der Waals surface area contributed by atoms with E-state index in [-0.39, 0.29) is 11.5 Å². The summed E-state index contributed by atoms with van der Waals surface area (Å²) in [4.78, 5) is 11.7. The topological polar surface area (TPSA) is 63.7 Å². The maximum atomic E-state index is 13.1. The lowest BCUT2D eigenvalue weighted by Gasteiger charge is -2.23. The third-order valence-corrected chi connectivity index (χ3v) is 5.41. The number of anilines is 1. The quantitative estimate of drug-likeness (QED) is 0.678. The second kappa shape index (κ2) is 7.76. The number of hydrogen-bond acceptors (Lipinski definition) is 4. The molecule has 2 rings (SSSR count). The van der Waals surface area contributed by atoms with Gasteiger partial charge in [-0.05, 0) is 55.5 Å². The van der Waals surface area contributed by atoms with Crippen molar-refractivity contribution < 1.29 is 22.3 Å². The van der Waals surface area contributed by atoms with E-state index >= 15 is 0 Å². The van der Waals surface area contributed by atoms with E-state index in [0.29, 0.717) is 5.69 Å². The highest BCUT2D eigenvalue weighted by atomic mass is 79.9. The Morgan fingerprint density at radius 1 is 1.12 bits per heavy atom. The minimum Gasteiger partial charge on any atom is -0.465 e. The second-order valence-electron chi connectivity index (χ2n) is 4.75. The lowest BCUT2D eigenvalue weighted by molar-refractivity contribution is -0.141. The highest BCUT2D eigenvalue weighted by Gasteiger charge is 2.27. The molecule has 2 aromatic rings. The first kappa shape index (κ1) is 18.4. The van der Waals surface area contributed by atoms with E-state index in [4.69, 9.17) is 4.74 Å². The van der Waals surface area contributed by atoms with Gasteiger partial charge >= 0.3 is 5.97 Å². The van der Waals surface area contributed by atoms with Crippen molar-refractivity contribution in [2.75, 3.05) is 17.5 Å². The molecule has 0 saturated heterocycles. The van der Waals surface area contributed by atoms with E-state index in [1.165, 1.54) is 0 Å². The monoisotopic (exact) mass is 415 g/mol. The van der Waals surface area contributed by atoms with Crippen LogP contribution in [0.3, 0.4) is 0 Å². The van der Waals surface area contributed by atoms with Crippen molar-refractivity contribution in [3.8, 4) is 0 Å². The van der Waals surface area contributed by atoms with Gasteiger partial charge in [0.05, 0.1) is 17.2 Å². The summed E-state index contributed by atoms with van der Waals surface area (Å²) in [5, 5.41) is 0. The van der Waals surface area contributed by atoms with Crippen molar-refractivity contribution in [3.05, 3.63) is 58.8 Å². The molecule has 0 aliphatic carbocycles. The molecule has 0 fully saturated rings. The van der Waals surface area contributed by atoms with Crippen LogP contribution in [0.4, 0.5) is 10.1 Å². The minimum absolute atomic E-state index is 0.115. The molecule has 0 aliphatic heterocycles. The van der Waals surface area contributed by atoms with E-state index in [1.54, 1.807) is 31.2 Å². The van der Waals surface area contributed by atoms with Crippen molar-refractivity contribution in [1.29, 1.82) is 0 Å². The fourth-order valence-corrected chi connectivity index (χ4v) is 3.65. The number of ether oxygens (including phenoxy) is 1. The Morgan fingerprint density at radius 3 is 2.25 bits per heavy atom. The Hall–Kier alpha value is -1.93. The van der Waals surface area contributed by atoms with Crippen LogP contribution >= 0.6 is 15.9 Å². The van der Waals surface area contributed by atoms with Crippen molar-refractivity contribution in [3.63, 3.8) is 0 Å². The van der Waals surface area contributed by atoms with Crippen LogP contribution < -0.4 is 4.31 Å². The Bertz CT molecular complexity index is 807. The Kier molecular flexibility index (Phi) is 5.95. The molecule has 0 aliphatic rings. The van der Waals surface area contributed by atoms with Gasteiger partial charge in [-0.2, -0.15) is 0 Å². The molecule has 0 bridgehead atoms. The van der Waals surface area contributed by atoms with Crippen molar-refractivity contribution >= 4 is 37.6 Å². The molecule has 0 N–H and O–H groups in total. The minimum atomic E-state index is -4.05. The highest BCUT2D eigenvalue weighted by Crippen LogP contribution is 2.25. The number of benzene rings is 2. The molecule has 0 aromatic heterocycles. The number of carbonyl (C=O) groups excluding carboxylic acids is 1. The SMILES string of the molecule is CCOC(=O)CN(c1ccc(Br)cc1)S(=O)(=O)c1ccc(F)cc1. The van der Waals surface area contributed by atoms with Crippen LogP contribution in [-0.2, 0) is 19.6 Å². The highest BCUT2D eigenvalue weighted by molar-refractivity contribution is 9.10. The summed E-state index contributed by atoms with van der Waals surface area (Å²) in [6.45, 7) is 1.30. The van der Waals surface area contributed by atoms with Crippen LogP contribution in [0, 0.1) is 5.82 Å². The standard InChI is InChI=1S/C16H15BrFNO4S/c1-2-23-16(20)11-19(14-7-3-12(17)4-8-14)24(21,22)15-9-5-13(18)6-10-15/h3-10H,2,11H2,1H3. The molecule has 0 heterocycles. The third kappa shape index (κ3) is 4.33. The Labute approximate surface area is 148 Å². The zero-order chi connectivity index (χ0) is 17.7. The number of halogens is 2. The van der Waals surface area contributed by atoms with Gasteiger partial charge in [0.15, 0.2) is 0 Å². The van der Waals surface area contributed by atoms with E-state index in [9.17, 15) is 17.6 Å². The molecule has 0 saturated carbocycles. The van der Waals surface area contributed by atoms with Gasteiger partial charge in [-0.3, -0.25) is 9.10 Å². The van der Waals surface area contributed by atoms with Gasteiger partial charge in [0, 0.05) is 4.47 Å². The molecular weight excluding hydrogens is 401 g/mol. The molecule has 2 aromatic carbocycles. The summed E-state index contributed by atoms with van der Waals surface area (Å²) < 4.78 is 45.3. The first-order valence-corrected chi connectivity index (χ1v) is 9.27. The average Bonchev–Trinajstić information content (AvgIpc) is 2.54. The van der Waals surface area contributed by atoms with Gasteiger partial charge in [-0.1, -0.05) is 15.9 Å². The van der Waals surface area contributed by atoms with Crippen LogP contribution in [0.2, 0.25) is 0 Å². The van der Waals surface area contributed by atoms with Gasteiger partial charge in [-0.25, -0.2) is 12.8 Å². The summed E-state index contributed by atoms with van der Waals surface area (Å²) in [5.74, 6) is -1.22. The molecule has 5 nitrogen and oxygen atoms in total. The van der Waals surface area contributed by atoms with Gasteiger partial charge in [0.1, 0.15) is 12.4 Å². The Balaban J connectivity index is 2.45. The molecule has 128 valence electrons. The lowest BCUT2D eigenvalue weighted by atomic mass is 10.3. The molecule has 8 heteroatoms. The number of esters is 1. The maximum absolute atomic E-state index is 13.1. The van der Waals surface area contributed by atoms with E-state index < -0.39 is 28.4 Å². The third-order valence-electron chi connectivity index (χ3n) is 3.09. The second-order valence-corrected chi connectivity index (χ2v) is 7.53. The number of carbonyl (C=O) groups is 1. The van der Waals surface area contributed by atoms with Gasteiger partial charge in [0.2, 0.25) is 0 Å². The number of hydrogen-bond donors (Lipinski definition) is 0. The summed E-state index contributed by atoms with van der Waals surface area (Å²) in [7, 11) is -4.05. The van der Waals surface area contributed by atoms with Gasteiger partial charge in [0.25, 0.3) is 10.0 Å². The first-order valence-electron chi connectivity index (χ1n) is 7.04. The fraction of sp³-hybridized carbons (Fsp3) is 0.188. The van der Waals surface area contributed by atoms with Gasteiger partial charge in [-0.15, -0.1) is 0 Å². The summed E-state index contributed by atoms with van der Waals surface area (Å²) >= 11 is 3.27. The van der Waals surface area contributed by atoms with E-state index in [2.05, 4.69) is 15.9 Å². The fourth-order valence-electron chi connectivity index (χ4n) is 1.98. The zero-order valence-corrected chi connectivity index (χ0v) is 15.2. The lowest BCUT2D eigenvalue weighted by Crippen LogP contribution is -2.36. The maximum Gasteiger partial charge on any atom is 0.326 e. The summed E-state index contributed by atoms with van der Waals surface area (Å²) in [5.41, 5.74) is 0.301. The molecule has 0 unspecified atom stereocenters. The van der Waals surface area contributed by atoms with Gasteiger partial charge < -0.3 is 4.74 Å². The predicted molar refractivity (Wildman–Crippen MR) is 91.7 cm³/mol. The number of nitrogens with zero attached hydrogens (tertiary/aromatic N) is 1. The van der Waals surface area contributed by atoms with Crippen LogP contribution in [0.25, 0.3) is 0 Å². The molecule has 0 atom stereocenters. The average molecular weight is 416 g/mol. The molecule has 24 heavy (non-hydrogen) atoms. The predicted octanol–water partition coefficient (Wildman–Crippen LogP) is 3.35. The summed E-state index contributed by atoms with van der Waals surface area (Å²) in [6, 6.07) is 10.9. The molecule has 0 spiro atoms. The van der Waals surface area contributed by atoms with E-state index in [0.717, 1.165) is 33.0 Å². The normalized spacial score (nSPS) is 11.1. The van der Waals surface area contributed by atoms with Crippen LogP contribution in [0.15, 0.2) is 57.9 Å². The van der Waals surface area contributed by atoms with Crippen LogP contribution in [0.1, 0.15) is 6.92 Å². The van der Waals surface area contributed by atoms with E-state index in [1.807, 2.05) is 0 Å². The smallest absolute Gasteiger partial charge is 0.326 e. The van der Waals surface area contributed by atoms with Crippen molar-refractivity contribution in [2.24, 2.45) is 0 Å².